The van der Waals surface area contributed by atoms with Gasteiger partial charge in [0.25, 0.3) is 0 Å². The number of hydrogen-bond acceptors (Lipinski definition) is 3. The number of amides is 1. The molecular weight excluding hydrogens is 262 g/mol. The predicted molar refractivity (Wildman–Crippen MR) is 84.0 cm³/mol. The van der Waals surface area contributed by atoms with Gasteiger partial charge >= 0.3 is 0 Å². The van der Waals surface area contributed by atoms with Crippen molar-refractivity contribution in [3.63, 3.8) is 0 Å². The number of piperazine rings is 1. The minimum absolute atomic E-state index is 0.310. The summed E-state index contributed by atoms with van der Waals surface area (Å²) in [4.78, 5) is 18.9. The number of nitrogens with zero attached hydrogens (tertiary/aromatic N) is 3. The third-order valence-corrected chi connectivity index (χ3v) is 4.70. The standard InChI is InChI=1S/C17H25N3O/c1-18-11-12-20(17(21)14-18)16-7-9-19(10-8-16)13-15-5-3-2-4-6-15/h2-6,16H,7-14H2,1H3. The molecule has 1 aromatic rings. The van der Waals surface area contributed by atoms with E-state index >= 15 is 0 Å². The summed E-state index contributed by atoms with van der Waals surface area (Å²) < 4.78 is 0. The van der Waals surface area contributed by atoms with Crippen LogP contribution < -0.4 is 0 Å². The van der Waals surface area contributed by atoms with Crippen LogP contribution in [0.25, 0.3) is 0 Å². The normalized spacial score (nSPS) is 22.7. The fourth-order valence-corrected chi connectivity index (χ4v) is 3.42. The SMILES string of the molecule is CN1CCN(C2CCN(Cc3ccccc3)CC2)C(=O)C1. The second-order valence-corrected chi connectivity index (χ2v) is 6.32. The molecule has 3 rings (SSSR count). The van der Waals surface area contributed by atoms with Gasteiger partial charge in [-0.25, -0.2) is 0 Å². The van der Waals surface area contributed by atoms with Gasteiger partial charge < -0.3 is 4.90 Å². The summed E-state index contributed by atoms with van der Waals surface area (Å²) in [6.45, 7) is 5.72. The number of benzene rings is 1. The third-order valence-electron chi connectivity index (χ3n) is 4.70. The van der Waals surface area contributed by atoms with E-state index in [1.54, 1.807) is 0 Å². The smallest absolute Gasteiger partial charge is 0.237 e. The second-order valence-electron chi connectivity index (χ2n) is 6.32. The summed E-state index contributed by atoms with van der Waals surface area (Å²) in [5.41, 5.74) is 1.38. The highest BCUT2D eigenvalue weighted by atomic mass is 16.2. The molecule has 21 heavy (non-hydrogen) atoms. The van der Waals surface area contributed by atoms with Crippen molar-refractivity contribution in [2.24, 2.45) is 0 Å². The topological polar surface area (TPSA) is 26.8 Å². The highest BCUT2D eigenvalue weighted by Crippen LogP contribution is 2.20. The van der Waals surface area contributed by atoms with E-state index < -0.39 is 0 Å². The van der Waals surface area contributed by atoms with Crippen LogP contribution in [-0.4, -0.2) is 66.4 Å². The highest BCUT2D eigenvalue weighted by Gasteiger charge is 2.30. The molecule has 1 amide bonds. The molecule has 1 aromatic carbocycles. The fraction of sp³-hybridized carbons (Fsp3) is 0.588. The van der Waals surface area contributed by atoms with Crippen LogP contribution in [-0.2, 0) is 11.3 Å². The molecule has 2 heterocycles. The Hall–Kier alpha value is -1.39. The molecular formula is C17H25N3O. The molecule has 2 saturated heterocycles. The van der Waals surface area contributed by atoms with Crippen LogP contribution in [0.15, 0.2) is 30.3 Å². The molecule has 2 aliphatic heterocycles. The minimum Gasteiger partial charge on any atom is -0.337 e. The summed E-state index contributed by atoms with van der Waals surface area (Å²) in [5.74, 6) is 0.310. The summed E-state index contributed by atoms with van der Waals surface area (Å²) in [6.07, 6.45) is 2.23. The zero-order chi connectivity index (χ0) is 14.7. The lowest BCUT2D eigenvalue weighted by molar-refractivity contribution is -0.139. The van der Waals surface area contributed by atoms with Crippen molar-refractivity contribution in [3.05, 3.63) is 35.9 Å². The molecule has 0 radical (unpaired) electrons. The van der Waals surface area contributed by atoms with Crippen molar-refractivity contribution in [1.82, 2.24) is 14.7 Å². The first kappa shape index (κ1) is 14.5. The van der Waals surface area contributed by atoms with Gasteiger partial charge in [-0.1, -0.05) is 30.3 Å². The number of carbonyl (C=O) groups excluding carboxylic acids is 1. The first-order valence-electron chi connectivity index (χ1n) is 7.96. The molecule has 2 fully saturated rings. The van der Waals surface area contributed by atoms with Crippen molar-refractivity contribution < 1.29 is 4.79 Å². The predicted octanol–water partition coefficient (Wildman–Crippen LogP) is 1.42. The maximum absolute atomic E-state index is 12.1. The fourth-order valence-electron chi connectivity index (χ4n) is 3.42. The number of likely N-dealkylation sites (tertiary alicyclic amines) is 1. The highest BCUT2D eigenvalue weighted by molar-refractivity contribution is 5.79. The van der Waals surface area contributed by atoms with Gasteiger partial charge in [0.15, 0.2) is 0 Å². The van der Waals surface area contributed by atoms with Crippen LogP contribution in [0.1, 0.15) is 18.4 Å². The monoisotopic (exact) mass is 287 g/mol. The van der Waals surface area contributed by atoms with Crippen molar-refractivity contribution in [1.29, 1.82) is 0 Å². The van der Waals surface area contributed by atoms with Crippen LogP contribution in [0.5, 0.6) is 0 Å². The molecule has 114 valence electrons. The third kappa shape index (κ3) is 3.63. The number of piperidine rings is 1. The van der Waals surface area contributed by atoms with Crippen LogP contribution in [0.2, 0.25) is 0 Å². The second kappa shape index (κ2) is 6.58. The molecule has 0 unspecified atom stereocenters. The molecule has 0 aromatic heterocycles. The van der Waals surface area contributed by atoms with E-state index in [1.807, 2.05) is 7.05 Å². The van der Waals surface area contributed by atoms with E-state index in [-0.39, 0.29) is 0 Å². The van der Waals surface area contributed by atoms with Gasteiger partial charge in [0.1, 0.15) is 0 Å². The molecule has 0 spiro atoms. The lowest BCUT2D eigenvalue weighted by Crippen LogP contribution is -2.55. The van der Waals surface area contributed by atoms with E-state index in [1.165, 1.54) is 5.56 Å². The first-order chi connectivity index (χ1) is 10.2. The number of carbonyl (C=O) groups is 1. The Morgan fingerprint density at radius 1 is 1.05 bits per heavy atom. The number of rotatable bonds is 3. The summed E-state index contributed by atoms with van der Waals surface area (Å²) in [5, 5.41) is 0. The van der Waals surface area contributed by atoms with Gasteiger partial charge in [-0.2, -0.15) is 0 Å². The van der Waals surface area contributed by atoms with Crippen molar-refractivity contribution in [3.8, 4) is 0 Å². The van der Waals surface area contributed by atoms with Gasteiger partial charge in [0, 0.05) is 38.8 Å². The van der Waals surface area contributed by atoms with E-state index in [2.05, 4.69) is 45.0 Å². The Bertz CT molecular complexity index is 468. The van der Waals surface area contributed by atoms with Crippen LogP contribution >= 0.6 is 0 Å². The summed E-state index contributed by atoms with van der Waals surface area (Å²) >= 11 is 0. The zero-order valence-corrected chi connectivity index (χ0v) is 12.9. The Balaban J connectivity index is 1.50. The van der Waals surface area contributed by atoms with Crippen molar-refractivity contribution >= 4 is 5.91 Å². The van der Waals surface area contributed by atoms with E-state index in [9.17, 15) is 4.79 Å². The quantitative estimate of drug-likeness (QED) is 0.841. The molecule has 0 bridgehead atoms. The molecule has 0 atom stereocenters. The Morgan fingerprint density at radius 2 is 1.76 bits per heavy atom. The van der Waals surface area contributed by atoms with Crippen molar-refractivity contribution in [2.45, 2.75) is 25.4 Å². The van der Waals surface area contributed by atoms with Gasteiger partial charge in [-0.15, -0.1) is 0 Å². The van der Waals surface area contributed by atoms with E-state index in [4.69, 9.17) is 0 Å². The lowest BCUT2D eigenvalue weighted by atomic mass is 10.0. The number of hydrogen-bond donors (Lipinski definition) is 0. The molecule has 2 aliphatic rings. The Kier molecular flexibility index (Phi) is 4.56. The van der Waals surface area contributed by atoms with E-state index in [0.29, 0.717) is 18.5 Å². The van der Waals surface area contributed by atoms with Crippen LogP contribution in [0, 0.1) is 0 Å². The molecule has 0 aliphatic carbocycles. The van der Waals surface area contributed by atoms with Gasteiger partial charge in [-0.05, 0) is 25.5 Å². The molecule has 4 heteroatoms. The molecule has 4 nitrogen and oxygen atoms in total. The average Bonchev–Trinajstić information content (AvgIpc) is 2.49. The van der Waals surface area contributed by atoms with Gasteiger partial charge in [-0.3, -0.25) is 14.6 Å². The summed E-state index contributed by atoms with van der Waals surface area (Å²) in [7, 11) is 2.03. The minimum atomic E-state index is 0.310. The molecule has 0 saturated carbocycles. The number of likely N-dealkylation sites (N-methyl/N-ethyl adjacent to an activating group) is 1. The van der Waals surface area contributed by atoms with Gasteiger partial charge in [0.05, 0.1) is 6.54 Å². The maximum Gasteiger partial charge on any atom is 0.237 e. The molecule has 0 N–H and O–H groups in total. The summed E-state index contributed by atoms with van der Waals surface area (Å²) in [6, 6.07) is 11.1. The lowest BCUT2D eigenvalue weighted by Gasteiger charge is -2.42. The van der Waals surface area contributed by atoms with E-state index in [0.717, 1.165) is 45.6 Å². The van der Waals surface area contributed by atoms with Crippen LogP contribution in [0.4, 0.5) is 0 Å². The largest absolute Gasteiger partial charge is 0.337 e. The Labute approximate surface area is 127 Å². The Morgan fingerprint density at radius 3 is 2.43 bits per heavy atom. The zero-order valence-electron chi connectivity index (χ0n) is 12.9. The first-order valence-corrected chi connectivity index (χ1v) is 7.96. The maximum atomic E-state index is 12.1. The average molecular weight is 287 g/mol. The van der Waals surface area contributed by atoms with Crippen LogP contribution in [0.3, 0.4) is 0 Å². The van der Waals surface area contributed by atoms with Crippen molar-refractivity contribution in [2.75, 3.05) is 39.8 Å². The van der Waals surface area contributed by atoms with Gasteiger partial charge in [0.2, 0.25) is 5.91 Å².